The van der Waals surface area contributed by atoms with E-state index in [4.69, 9.17) is 10.9 Å². The lowest BCUT2D eigenvalue weighted by Crippen LogP contribution is -2.36. The van der Waals surface area contributed by atoms with E-state index < -0.39 is 15.6 Å². The standard InChI is InChI=1S/C11H19N3O3S/c1-11(2,15)7-14(3)8-5-4-6-9(10(8)12)18(13,16)17/h4-6,15H,7,12H2,1-3H3,(H2,13,16,17). The number of nitrogens with two attached hydrogens (primary N) is 2. The number of anilines is 2. The highest BCUT2D eigenvalue weighted by molar-refractivity contribution is 7.89. The Kier molecular flexibility index (Phi) is 3.89. The van der Waals surface area contributed by atoms with E-state index in [-0.39, 0.29) is 10.6 Å². The molecule has 0 aliphatic heterocycles. The third-order valence-corrected chi connectivity index (χ3v) is 3.35. The molecule has 0 amide bonds. The van der Waals surface area contributed by atoms with Crippen LogP contribution < -0.4 is 15.8 Å². The van der Waals surface area contributed by atoms with Crippen molar-refractivity contribution < 1.29 is 13.5 Å². The Morgan fingerprint density at radius 1 is 1.39 bits per heavy atom. The maximum absolute atomic E-state index is 11.3. The largest absolute Gasteiger partial charge is 0.396 e. The minimum absolute atomic E-state index is 0.0896. The molecule has 7 heteroatoms. The molecule has 0 bridgehead atoms. The van der Waals surface area contributed by atoms with E-state index in [1.54, 1.807) is 37.9 Å². The second-order valence-electron chi connectivity index (χ2n) is 4.90. The molecule has 0 spiro atoms. The second-order valence-corrected chi connectivity index (χ2v) is 6.43. The van der Waals surface area contributed by atoms with Crippen LogP contribution in [0.1, 0.15) is 13.8 Å². The molecule has 5 N–H and O–H groups in total. The number of nitrogen functional groups attached to an aromatic ring is 1. The summed E-state index contributed by atoms with van der Waals surface area (Å²) in [6, 6.07) is 4.59. The third-order valence-electron chi connectivity index (χ3n) is 2.38. The van der Waals surface area contributed by atoms with Gasteiger partial charge in [0.15, 0.2) is 0 Å². The van der Waals surface area contributed by atoms with Crippen LogP contribution in [0.4, 0.5) is 11.4 Å². The van der Waals surface area contributed by atoms with Gasteiger partial charge in [-0.3, -0.25) is 0 Å². The zero-order valence-corrected chi connectivity index (χ0v) is 11.5. The minimum Gasteiger partial charge on any atom is -0.396 e. The van der Waals surface area contributed by atoms with Crippen molar-refractivity contribution in [3.8, 4) is 0 Å². The fourth-order valence-electron chi connectivity index (χ4n) is 1.78. The lowest BCUT2D eigenvalue weighted by molar-refractivity contribution is 0.0886. The van der Waals surface area contributed by atoms with Crippen LogP contribution in [0.15, 0.2) is 23.1 Å². The molecule has 0 aliphatic rings. The fourth-order valence-corrected chi connectivity index (χ4v) is 2.46. The van der Waals surface area contributed by atoms with Crippen LogP contribution in [0, 0.1) is 0 Å². The van der Waals surface area contributed by atoms with Gasteiger partial charge in [-0.05, 0) is 26.0 Å². The number of hydrogen-bond donors (Lipinski definition) is 3. The first-order valence-corrected chi connectivity index (χ1v) is 6.92. The van der Waals surface area contributed by atoms with Gasteiger partial charge in [-0.1, -0.05) is 6.07 Å². The van der Waals surface area contributed by atoms with Gasteiger partial charge >= 0.3 is 0 Å². The van der Waals surface area contributed by atoms with Crippen LogP contribution in [-0.2, 0) is 10.0 Å². The van der Waals surface area contributed by atoms with Crippen molar-refractivity contribution in [3.05, 3.63) is 18.2 Å². The van der Waals surface area contributed by atoms with Crippen molar-refractivity contribution in [2.45, 2.75) is 24.3 Å². The van der Waals surface area contributed by atoms with Crippen molar-refractivity contribution in [1.82, 2.24) is 0 Å². The summed E-state index contributed by atoms with van der Waals surface area (Å²) >= 11 is 0. The first-order chi connectivity index (χ1) is 8.02. The van der Waals surface area contributed by atoms with Gasteiger partial charge in [0, 0.05) is 13.6 Å². The molecule has 0 aliphatic carbocycles. The predicted molar refractivity (Wildman–Crippen MR) is 71.8 cm³/mol. The molecular weight excluding hydrogens is 254 g/mol. The lowest BCUT2D eigenvalue weighted by Gasteiger charge is -2.28. The number of hydrogen-bond acceptors (Lipinski definition) is 5. The first kappa shape index (κ1) is 14.7. The summed E-state index contributed by atoms with van der Waals surface area (Å²) in [5.74, 6) is 0. The zero-order chi connectivity index (χ0) is 14.1. The molecule has 18 heavy (non-hydrogen) atoms. The summed E-state index contributed by atoms with van der Waals surface area (Å²) in [4.78, 5) is 1.58. The average Bonchev–Trinajstić information content (AvgIpc) is 2.12. The van der Waals surface area contributed by atoms with Crippen molar-refractivity contribution in [2.24, 2.45) is 5.14 Å². The number of likely N-dealkylation sites (N-methyl/N-ethyl adjacent to an activating group) is 1. The van der Waals surface area contributed by atoms with Crippen molar-refractivity contribution in [3.63, 3.8) is 0 Å². The molecule has 0 saturated carbocycles. The lowest BCUT2D eigenvalue weighted by atomic mass is 10.1. The summed E-state index contributed by atoms with van der Waals surface area (Å²) in [5, 5.41) is 14.8. The summed E-state index contributed by atoms with van der Waals surface area (Å²) < 4.78 is 22.7. The molecule has 0 aromatic heterocycles. The molecule has 0 fully saturated rings. The van der Waals surface area contributed by atoms with Crippen molar-refractivity contribution in [2.75, 3.05) is 24.2 Å². The van der Waals surface area contributed by atoms with Gasteiger partial charge in [-0.25, -0.2) is 13.6 Å². The molecular formula is C11H19N3O3S. The number of aliphatic hydroxyl groups is 1. The Morgan fingerprint density at radius 2 is 1.94 bits per heavy atom. The van der Waals surface area contributed by atoms with E-state index in [9.17, 15) is 13.5 Å². The molecule has 0 radical (unpaired) electrons. The van der Waals surface area contributed by atoms with E-state index in [0.29, 0.717) is 12.2 Å². The summed E-state index contributed by atoms with van der Waals surface area (Å²) in [6.45, 7) is 3.62. The number of rotatable bonds is 4. The molecule has 1 aromatic rings. The van der Waals surface area contributed by atoms with Crippen LogP contribution in [0.2, 0.25) is 0 Å². The number of sulfonamides is 1. The molecule has 6 nitrogen and oxygen atoms in total. The molecule has 102 valence electrons. The Hall–Kier alpha value is -1.31. The van der Waals surface area contributed by atoms with Gasteiger partial charge in [0.2, 0.25) is 10.0 Å². The minimum atomic E-state index is -3.85. The second kappa shape index (κ2) is 4.75. The van der Waals surface area contributed by atoms with E-state index in [0.717, 1.165) is 0 Å². The quantitative estimate of drug-likeness (QED) is 0.675. The molecule has 0 saturated heterocycles. The zero-order valence-electron chi connectivity index (χ0n) is 10.7. The van der Waals surface area contributed by atoms with Crippen LogP contribution in [0.3, 0.4) is 0 Å². The summed E-state index contributed by atoms with van der Waals surface area (Å²) in [7, 11) is -2.13. The van der Waals surface area contributed by atoms with Gasteiger partial charge < -0.3 is 15.7 Å². The van der Waals surface area contributed by atoms with Crippen LogP contribution in [-0.4, -0.2) is 32.7 Å². The molecule has 0 heterocycles. The number of primary sulfonamides is 1. The predicted octanol–water partition coefficient (Wildman–Crippen LogP) is 0.123. The molecule has 0 atom stereocenters. The topological polar surface area (TPSA) is 110 Å². The summed E-state index contributed by atoms with van der Waals surface area (Å²) in [6.07, 6.45) is 0. The highest BCUT2D eigenvalue weighted by Gasteiger charge is 2.20. The Morgan fingerprint density at radius 3 is 2.39 bits per heavy atom. The highest BCUT2D eigenvalue weighted by atomic mass is 32.2. The van der Waals surface area contributed by atoms with E-state index in [1.165, 1.54) is 6.07 Å². The number of para-hydroxylation sites is 1. The van der Waals surface area contributed by atoms with Gasteiger partial charge in [0.25, 0.3) is 0 Å². The average molecular weight is 273 g/mol. The maximum atomic E-state index is 11.3. The van der Waals surface area contributed by atoms with Gasteiger partial charge in [-0.2, -0.15) is 0 Å². The smallest absolute Gasteiger partial charge is 0.240 e. The first-order valence-electron chi connectivity index (χ1n) is 5.37. The van der Waals surface area contributed by atoms with E-state index >= 15 is 0 Å². The van der Waals surface area contributed by atoms with Gasteiger partial charge in [-0.15, -0.1) is 0 Å². The Balaban J connectivity index is 3.20. The number of benzene rings is 1. The Bertz CT molecular complexity index is 535. The van der Waals surface area contributed by atoms with E-state index in [2.05, 4.69) is 0 Å². The maximum Gasteiger partial charge on any atom is 0.240 e. The third kappa shape index (κ3) is 3.59. The normalized spacial score (nSPS) is 12.5. The van der Waals surface area contributed by atoms with Crippen LogP contribution >= 0.6 is 0 Å². The summed E-state index contributed by atoms with van der Waals surface area (Å²) in [5.41, 5.74) is 5.50. The highest BCUT2D eigenvalue weighted by Crippen LogP contribution is 2.29. The van der Waals surface area contributed by atoms with E-state index in [1.807, 2.05) is 0 Å². The molecule has 1 rings (SSSR count). The van der Waals surface area contributed by atoms with Crippen LogP contribution in [0.25, 0.3) is 0 Å². The monoisotopic (exact) mass is 273 g/mol. The van der Waals surface area contributed by atoms with Gasteiger partial charge in [0.1, 0.15) is 4.90 Å². The number of nitrogens with zero attached hydrogens (tertiary/aromatic N) is 1. The molecule has 0 unspecified atom stereocenters. The van der Waals surface area contributed by atoms with Gasteiger partial charge in [0.05, 0.1) is 17.0 Å². The fraction of sp³-hybridized carbons (Fsp3) is 0.455. The van der Waals surface area contributed by atoms with Crippen LogP contribution in [0.5, 0.6) is 0 Å². The van der Waals surface area contributed by atoms with Crippen molar-refractivity contribution >= 4 is 21.4 Å². The molecule has 1 aromatic carbocycles. The van der Waals surface area contributed by atoms with Crippen molar-refractivity contribution in [1.29, 1.82) is 0 Å². The Labute approximate surface area is 107 Å². The SMILES string of the molecule is CN(CC(C)(C)O)c1cccc(S(N)(=O)=O)c1N.